The Morgan fingerprint density at radius 3 is 2.62 bits per heavy atom. The molecule has 0 unspecified atom stereocenters. The lowest BCUT2D eigenvalue weighted by atomic mass is 9.99. The van der Waals surface area contributed by atoms with Crippen molar-refractivity contribution in [3.05, 3.63) is 101 Å². The molecule has 2 N–H and O–H groups in total. The second-order valence-electron chi connectivity index (χ2n) is 9.71. The number of halogens is 1. The van der Waals surface area contributed by atoms with Gasteiger partial charge in [0, 0.05) is 66.1 Å². The van der Waals surface area contributed by atoms with Crippen LogP contribution in [-0.4, -0.2) is 53.9 Å². The van der Waals surface area contributed by atoms with Crippen LogP contribution in [0.5, 0.6) is 0 Å². The van der Waals surface area contributed by atoms with Crippen LogP contribution in [0, 0.1) is 0 Å². The number of likely N-dealkylation sites (N-methyl/N-ethyl adjacent to an activating group) is 1. The predicted molar refractivity (Wildman–Crippen MR) is 151 cm³/mol. The molecule has 3 heterocycles. The number of benzene rings is 3. The van der Waals surface area contributed by atoms with Gasteiger partial charge in [-0.15, -0.1) is 0 Å². The highest BCUT2D eigenvalue weighted by Crippen LogP contribution is 2.39. The van der Waals surface area contributed by atoms with Gasteiger partial charge >= 0.3 is 0 Å². The Bertz CT molecular complexity index is 1510. The second kappa shape index (κ2) is 9.98. The molecule has 1 amide bonds. The van der Waals surface area contributed by atoms with Gasteiger partial charge < -0.3 is 15.5 Å². The lowest BCUT2D eigenvalue weighted by Crippen LogP contribution is -2.43. The highest BCUT2D eigenvalue weighted by atomic mass is 35.5. The van der Waals surface area contributed by atoms with Gasteiger partial charge in [0.15, 0.2) is 0 Å². The van der Waals surface area contributed by atoms with Crippen LogP contribution < -0.4 is 10.6 Å². The van der Waals surface area contributed by atoms with E-state index < -0.39 is 0 Å². The third kappa shape index (κ3) is 4.96. The molecule has 0 spiro atoms. The minimum Gasteiger partial charge on any atom is -0.354 e. The van der Waals surface area contributed by atoms with Gasteiger partial charge in [0.2, 0.25) is 0 Å². The van der Waals surface area contributed by atoms with Crippen LogP contribution in [0.3, 0.4) is 0 Å². The number of fused-ring (bicyclic) bond motifs is 2. The summed E-state index contributed by atoms with van der Waals surface area (Å²) in [6, 6.07) is 24.0. The van der Waals surface area contributed by atoms with Crippen molar-refractivity contribution in [2.75, 3.05) is 43.9 Å². The van der Waals surface area contributed by atoms with E-state index in [0.29, 0.717) is 16.3 Å². The highest BCUT2D eigenvalue weighted by Gasteiger charge is 2.29. The van der Waals surface area contributed by atoms with E-state index in [9.17, 15) is 4.79 Å². The second-order valence-corrected chi connectivity index (χ2v) is 10.1. The molecular weight excluding hydrogens is 482 g/mol. The molecule has 4 aromatic rings. The van der Waals surface area contributed by atoms with Crippen molar-refractivity contribution in [2.45, 2.75) is 6.54 Å². The van der Waals surface area contributed by atoms with E-state index in [4.69, 9.17) is 11.6 Å². The lowest BCUT2D eigenvalue weighted by molar-refractivity contribution is -0.110. The topological polar surface area (TPSA) is 60.5 Å². The molecule has 1 saturated heterocycles. The molecule has 6 rings (SSSR count). The Kier molecular flexibility index (Phi) is 6.38. The summed E-state index contributed by atoms with van der Waals surface area (Å²) in [5.41, 5.74) is 6.82. The summed E-state index contributed by atoms with van der Waals surface area (Å²) in [6.45, 7) is 5.31. The minimum atomic E-state index is -0.160. The fourth-order valence-electron chi connectivity index (χ4n) is 5.00. The number of carbonyl (C=O) groups is 1. The smallest absolute Gasteiger partial charge is 0.258 e. The van der Waals surface area contributed by atoms with Crippen LogP contribution in [0.4, 0.5) is 11.4 Å². The van der Waals surface area contributed by atoms with Crippen LogP contribution >= 0.6 is 11.6 Å². The summed E-state index contributed by atoms with van der Waals surface area (Å²) < 4.78 is 0. The van der Waals surface area contributed by atoms with Crippen molar-refractivity contribution >= 4 is 51.1 Å². The van der Waals surface area contributed by atoms with E-state index in [0.717, 1.165) is 66.1 Å². The molecule has 1 aromatic heterocycles. The molecule has 0 radical (unpaired) electrons. The Morgan fingerprint density at radius 2 is 1.81 bits per heavy atom. The van der Waals surface area contributed by atoms with Crippen molar-refractivity contribution < 1.29 is 4.79 Å². The van der Waals surface area contributed by atoms with Gasteiger partial charge in [-0.25, -0.2) is 0 Å². The molecule has 0 saturated carbocycles. The van der Waals surface area contributed by atoms with Gasteiger partial charge in [0.05, 0.1) is 22.5 Å². The molecule has 3 aromatic carbocycles. The summed E-state index contributed by atoms with van der Waals surface area (Å²) in [5, 5.41) is 8.17. The first kappa shape index (κ1) is 23.7. The number of nitrogens with zero attached hydrogens (tertiary/aromatic N) is 3. The fourth-order valence-corrected chi connectivity index (χ4v) is 5.17. The van der Waals surface area contributed by atoms with E-state index in [1.807, 2.05) is 42.5 Å². The lowest BCUT2D eigenvalue weighted by Gasteiger charge is -2.32. The maximum Gasteiger partial charge on any atom is 0.258 e. The van der Waals surface area contributed by atoms with Crippen LogP contribution in [0.1, 0.15) is 16.7 Å². The number of nitrogens with one attached hydrogen (secondary N) is 2. The van der Waals surface area contributed by atoms with Gasteiger partial charge in [-0.3, -0.25) is 14.7 Å². The van der Waals surface area contributed by atoms with Crippen molar-refractivity contribution in [3.8, 4) is 0 Å². The van der Waals surface area contributed by atoms with E-state index >= 15 is 0 Å². The summed E-state index contributed by atoms with van der Waals surface area (Å²) in [7, 11) is 2.17. The van der Waals surface area contributed by atoms with Gasteiger partial charge in [-0.2, -0.15) is 0 Å². The zero-order valence-electron chi connectivity index (χ0n) is 20.7. The van der Waals surface area contributed by atoms with Crippen molar-refractivity contribution in [2.24, 2.45) is 0 Å². The molecule has 6 nitrogen and oxygen atoms in total. The molecule has 2 aliphatic heterocycles. The SMILES string of the molecule is CN1CCN(Cc2ccc(NC(=C3C(=O)Nc4cc(Cl)ccc43)c3ccc4cccnc4c3)cc2)CC1. The Labute approximate surface area is 221 Å². The van der Waals surface area contributed by atoms with Crippen molar-refractivity contribution in [1.29, 1.82) is 0 Å². The third-order valence-corrected chi connectivity index (χ3v) is 7.33. The maximum atomic E-state index is 13.2. The molecule has 1 fully saturated rings. The molecular formula is C30H28ClN5O. The first-order valence-electron chi connectivity index (χ1n) is 12.5. The molecule has 2 aliphatic rings. The number of hydrogen-bond donors (Lipinski definition) is 2. The molecule has 37 heavy (non-hydrogen) atoms. The van der Waals surface area contributed by atoms with Gasteiger partial charge in [-0.05, 0) is 49.0 Å². The van der Waals surface area contributed by atoms with Gasteiger partial charge in [0.1, 0.15) is 0 Å². The number of pyridine rings is 1. The average molecular weight is 510 g/mol. The molecule has 7 heteroatoms. The number of anilines is 2. The van der Waals surface area contributed by atoms with Gasteiger partial charge in [0.25, 0.3) is 5.91 Å². The fraction of sp³-hybridized carbons (Fsp3) is 0.200. The first-order valence-corrected chi connectivity index (χ1v) is 12.9. The zero-order chi connectivity index (χ0) is 25.4. The quantitative estimate of drug-likeness (QED) is 0.344. The van der Waals surface area contributed by atoms with Crippen LogP contribution in [0.25, 0.3) is 22.2 Å². The van der Waals surface area contributed by atoms with E-state index in [2.05, 4.69) is 56.7 Å². The number of amides is 1. The standard InChI is InChI=1S/C30H28ClN5O/c1-35-13-15-36(16-14-35)19-20-4-9-24(10-5-20)33-29(22-7-6-21-3-2-12-32-26(21)17-22)28-25-11-8-23(31)18-27(25)34-30(28)37/h2-12,17-18,33H,13-16,19H2,1H3,(H,34,37). The first-order chi connectivity index (χ1) is 18.0. The summed E-state index contributed by atoms with van der Waals surface area (Å²) in [4.78, 5) is 22.6. The van der Waals surface area contributed by atoms with E-state index in [1.54, 1.807) is 12.3 Å². The van der Waals surface area contributed by atoms with Crippen LogP contribution in [0.15, 0.2) is 79.0 Å². The summed E-state index contributed by atoms with van der Waals surface area (Å²) in [6.07, 6.45) is 1.78. The monoisotopic (exact) mass is 509 g/mol. The van der Waals surface area contributed by atoms with Gasteiger partial charge in [-0.1, -0.05) is 48.0 Å². The average Bonchev–Trinajstić information content (AvgIpc) is 3.23. The molecule has 0 atom stereocenters. The van der Waals surface area contributed by atoms with E-state index in [-0.39, 0.29) is 5.91 Å². The van der Waals surface area contributed by atoms with E-state index in [1.165, 1.54) is 5.56 Å². The molecule has 0 bridgehead atoms. The summed E-state index contributed by atoms with van der Waals surface area (Å²) in [5.74, 6) is -0.160. The normalized spacial score (nSPS) is 17.5. The highest BCUT2D eigenvalue weighted by molar-refractivity contribution is 6.38. The maximum absolute atomic E-state index is 13.2. The van der Waals surface area contributed by atoms with Crippen LogP contribution in [0.2, 0.25) is 5.02 Å². The minimum absolute atomic E-state index is 0.160. The zero-order valence-corrected chi connectivity index (χ0v) is 21.4. The summed E-state index contributed by atoms with van der Waals surface area (Å²) >= 11 is 6.21. The van der Waals surface area contributed by atoms with Crippen LogP contribution in [-0.2, 0) is 11.3 Å². The Balaban J connectivity index is 1.36. The van der Waals surface area contributed by atoms with Crippen molar-refractivity contribution in [3.63, 3.8) is 0 Å². The largest absolute Gasteiger partial charge is 0.354 e. The number of piperazine rings is 1. The predicted octanol–water partition coefficient (Wildman–Crippen LogP) is 5.57. The molecule has 0 aliphatic carbocycles. The number of hydrogen-bond acceptors (Lipinski definition) is 5. The third-order valence-electron chi connectivity index (χ3n) is 7.10. The number of aromatic nitrogens is 1. The number of rotatable bonds is 5. The van der Waals surface area contributed by atoms with Crippen molar-refractivity contribution in [1.82, 2.24) is 14.8 Å². The molecule has 186 valence electrons. The Morgan fingerprint density at radius 1 is 1.00 bits per heavy atom. The Hall–Kier alpha value is -3.71. The number of carbonyl (C=O) groups excluding carboxylic acids is 1.